The molecule has 1 aromatic carbocycles. The number of nitrogens with one attached hydrogen (secondary N) is 2. The van der Waals surface area contributed by atoms with Crippen LogP contribution in [0, 0.1) is 5.92 Å². The highest BCUT2D eigenvalue weighted by Gasteiger charge is 2.35. The summed E-state index contributed by atoms with van der Waals surface area (Å²) in [5.41, 5.74) is 1.50. The van der Waals surface area contributed by atoms with Crippen LogP contribution < -0.4 is 15.5 Å². The summed E-state index contributed by atoms with van der Waals surface area (Å²) < 4.78 is 1.80. The highest BCUT2D eigenvalue weighted by molar-refractivity contribution is 7.99. The molecule has 1 unspecified atom stereocenters. The van der Waals surface area contributed by atoms with Crippen LogP contribution in [-0.4, -0.2) is 56.9 Å². The molecule has 0 radical (unpaired) electrons. The maximum absolute atomic E-state index is 12.8. The van der Waals surface area contributed by atoms with Crippen molar-refractivity contribution >= 4 is 57.7 Å². The van der Waals surface area contributed by atoms with Gasteiger partial charge in [-0.1, -0.05) is 37.2 Å². The Labute approximate surface area is 214 Å². The topological polar surface area (TPSA) is 105 Å². The lowest BCUT2D eigenvalue weighted by Crippen LogP contribution is -2.35. The number of hydrogen-bond acceptors (Lipinski definition) is 7. The molecule has 0 bridgehead atoms. The molecule has 9 nitrogen and oxygen atoms in total. The Bertz CT molecular complexity index is 1180. The van der Waals surface area contributed by atoms with Crippen molar-refractivity contribution in [2.24, 2.45) is 5.92 Å². The van der Waals surface area contributed by atoms with Gasteiger partial charge in [-0.25, -0.2) is 14.6 Å². The smallest absolute Gasteiger partial charge is 0.227 e. The zero-order valence-corrected chi connectivity index (χ0v) is 21.5. The molecule has 0 aliphatic carbocycles. The molecule has 1 saturated heterocycles. The molecule has 1 atom stereocenters. The SMILES string of the molecule is CCCNc1nc(SCCC)nc2c1cnn2CCNC(=O)C1CC(=O)N(c2ccc(Cl)cc2)C1. The fourth-order valence-electron chi connectivity index (χ4n) is 3.92. The first-order chi connectivity index (χ1) is 17.0. The van der Waals surface area contributed by atoms with Crippen molar-refractivity contribution in [2.45, 2.75) is 44.8 Å². The molecule has 1 aliphatic heterocycles. The van der Waals surface area contributed by atoms with Crippen LogP contribution in [0.2, 0.25) is 5.02 Å². The van der Waals surface area contributed by atoms with E-state index in [-0.39, 0.29) is 18.2 Å². The van der Waals surface area contributed by atoms with E-state index in [1.807, 2.05) is 0 Å². The lowest BCUT2D eigenvalue weighted by Gasteiger charge is -2.16. The van der Waals surface area contributed by atoms with Gasteiger partial charge in [-0.2, -0.15) is 5.10 Å². The molecule has 4 rings (SSSR count). The molecule has 2 amide bonds. The Hall–Kier alpha value is -2.85. The van der Waals surface area contributed by atoms with Crippen LogP contribution in [0.15, 0.2) is 35.6 Å². The molecule has 2 N–H and O–H groups in total. The summed E-state index contributed by atoms with van der Waals surface area (Å²) in [6.45, 7) is 6.27. The van der Waals surface area contributed by atoms with E-state index in [0.717, 1.165) is 52.8 Å². The van der Waals surface area contributed by atoms with E-state index in [9.17, 15) is 9.59 Å². The number of rotatable bonds is 11. The second kappa shape index (κ2) is 11.7. The monoisotopic (exact) mass is 515 g/mol. The number of fused-ring (bicyclic) bond motifs is 1. The van der Waals surface area contributed by atoms with Crippen molar-refractivity contribution in [1.82, 2.24) is 25.1 Å². The van der Waals surface area contributed by atoms with E-state index in [1.54, 1.807) is 51.8 Å². The second-order valence-electron chi connectivity index (χ2n) is 8.41. The average Bonchev–Trinajstić information content (AvgIpc) is 3.45. The number of aromatic nitrogens is 4. The number of amides is 2. The highest BCUT2D eigenvalue weighted by atomic mass is 35.5. The van der Waals surface area contributed by atoms with E-state index < -0.39 is 5.92 Å². The van der Waals surface area contributed by atoms with Gasteiger partial charge < -0.3 is 15.5 Å². The second-order valence-corrected chi connectivity index (χ2v) is 9.91. The van der Waals surface area contributed by atoms with Gasteiger partial charge in [0.15, 0.2) is 10.8 Å². The molecule has 1 aliphatic rings. The maximum atomic E-state index is 12.8. The Morgan fingerprint density at radius 2 is 1.97 bits per heavy atom. The van der Waals surface area contributed by atoms with Crippen LogP contribution in [0.1, 0.15) is 33.1 Å². The number of halogens is 1. The van der Waals surface area contributed by atoms with Gasteiger partial charge in [0.25, 0.3) is 0 Å². The number of carbonyl (C=O) groups excluding carboxylic acids is 2. The van der Waals surface area contributed by atoms with E-state index in [2.05, 4.69) is 34.6 Å². The summed E-state index contributed by atoms with van der Waals surface area (Å²) in [7, 11) is 0. The molecule has 3 heterocycles. The first-order valence-corrected chi connectivity index (χ1v) is 13.3. The van der Waals surface area contributed by atoms with Gasteiger partial charge in [-0.15, -0.1) is 0 Å². The number of hydrogen-bond donors (Lipinski definition) is 2. The molecule has 35 heavy (non-hydrogen) atoms. The molecule has 186 valence electrons. The normalized spacial score (nSPS) is 15.7. The lowest BCUT2D eigenvalue weighted by atomic mass is 10.1. The van der Waals surface area contributed by atoms with Crippen LogP contribution in [0.3, 0.4) is 0 Å². The van der Waals surface area contributed by atoms with Crippen LogP contribution in [0.5, 0.6) is 0 Å². The quantitative estimate of drug-likeness (QED) is 0.294. The van der Waals surface area contributed by atoms with E-state index in [1.165, 1.54) is 0 Å². The van der Waals surface area contributed by atoms with Crippen molar-refractivity contribution in [3.05, 3.63) is 35.5 Å². The molecule has 3 aromatic rings. The minimum Gasteiger partial charge on any atom is -0.369 e. The highest BCUT2D eigenvalue weighted by Crippen LogP contribution is 2.27. The molecule has 0 spiro atoms. The molecule has 0 saturated carbocycles. The van der Waals surface area contributed by atoms with Gasteiger partial charge in [0, 0.05) is 42.5 Å². The summed E-state index contributed by atoms with van der Waals surface area (Å²) in [6, 6.07) is 7.07. The predicted molar refractivity (Wildman–Crippen MR) is 140 cm³/mol. The number of carbonyl (C=O) groups is 2. The van der Waals surface area contributed by atoms with Crippen molar-refractivity contribution in [3.63, 3.8) is 0 Å². The fraction of sp³-hybridized carbons (Fsp3) is 0.458. The molecular formula is C24H30ClN7O2S. The van der Waals surface area contributed by atoms with Crippen LogP contribution in [-0.2, 0) is 16.1 Å². The summed E-state index contributed by atoms with van der Waals surface area (Å²) >= 11 is 7.57. The fourth-order valence-corrected chi connectivity index (χ4v) is 4.74. The van der Waals surface area contributed by atoms with Gasteiger partial charge in [-0.3, -0.25) is 9.59 Å². The third-order valence-electron chi connectivity index (χ3n) is 5.71. The summed E-state index contributed by atoms with van der Waals surface area (Å²) in [5, 5.41) is 13.0. The largest absolute Gasteiger partial charge is 0.369 e. The zero-order valence-electron chi connectivity index (χ0n) is 20.0. The van der Waals surface area contributed by atoms with Crippen LogP contribution in [0.4, 0.5) is 11.5 Å². The number of benzene rings is 1. The minimum atomic E-state index is -0.392. The third-order valence-corrected chi connectivity index (χ3v) is 7.02. The van der Waals surface area contributed by atoms with Crippen molar-refractivity contribution < 1.29 is 9.59 Å². The minimum absolute atomic E-state index is 0.0635. The van der Waals surface area contributed by atoms with Gasteiger partial charge >= 0.3 is 0 Å². The number of thioether (sulfide) groups is 1. The number of nitrogens with zero attached hydrogens (tertiary/aromatic N) is 5. The Morgan fingerprint density at radius 3 is 2.71 bits per heavy atom. The average molecular weight is 516 g/mol. The Balaban J connectivity index is 1.39. The van der Waals surface area contributed by atoms with Gasteiger partial charge in [0.05, 0.1) is 24.0 Å². The molecule has 2 aromatic heterocycles. The van der Waals surface area contributed by atoms with E-state index in [4.69, 9.17) is 16.6 Å². The summed E-state index contributed by atoms with van der Waals surface area (Å²) in [5.74, 6) is 1.14. The molecular weight excluding hydrogens is 486 g/mol. The van der Waals surface area contributed by atoms with E-state index >= 15 is 0 Å². The maximum Gasteiger partial charge on any atom is 0.227 e. The van der Waals surface area contributed by atoms with Crippen molar-refractivity contribution in [2.75, 3.05) is 35.6 Å². The first-order valence-electron chi connectivity index (χ1n) is 11.9. The zero-order chi connectivity index (χ0) is 24.8. The van der Waals surface area contributed by atoms with E-state index in [0.29, 0.717) is 24.7 Å². The van der Waals surface area contributed by atoms with Gasteiger partial charge in [0.1, 0.15) is 5.82 Å². The third kappa shape index (κ3) is 6.05. The number of anilines is 2. The Kier molecular flexibility index (Phi) is 8.46. The predicted octanol–water partition coefficient (Wildman–Crippen LogP) is 3.97. The summed E-state index contributed by atoms with van der Waals surface area (Å²) in [4.78, 5) is 36.3. The first kappa shape index (κ1) is 25.2. The van der Waals surface area contributed by atoms with Crippen LogP contribution in [0.25, 0.3) is 11.0 Å². The summed E-state index contributed by atoms with van der Waals surface area (Å²) in [6.07, 6.45) is 3.98. The van der Waals surface area contributed by atoms with Crippen LogP contribution >= 0.6 is 23.4 Å². The Morgan fingerprint density at radius 1 is 1.17 bits per heavy atom. The van der Waals surface area contributed by atoms with Crippen molar-refractivity contribution in [3.8, 4) is 0 Å². The van der Waals surface area contributed by atoms with Gasteiger partial charge in [0.2, 0.25) is 11.8 Å². The lowest BCUT2D eigenvalue weighted by molar-refractivity contribution is -0.126. The molecule has 11 heteroatoms. The standard InChI is InChI=1S/C24H30ClN7O2S/c1-3-9-26-21-19-14-28-32(22(19)30-24(29-21)35-12-4-2)11-10-27-23(34)16-13-20(33)31(15-16)18-7-5-17(25)6-8-18/h5-8,14,16H,3-4,9-13,15H2,1-2H3,(H,27,34)(H,26,29,30). The molecule has 1 fully saturated rings. The van der Waals surface area contributed by atoms with Gasteiger partial charge in [-0.05, 0) is 37.1 Å². The van der Waals surface area contributed by atoms with Crippen molar-refractivity contribution in [1.29, 1.82) is 0 Å².